The van der Waals surface area contributed by atoms with Crippen molar-refractivity contribution in [2.75, 3.05) is 16.8 Å². The van der Waals surface area contributed by atoms with Crippen molar-refractivity contribution in [1.29, 1.82) is 0 Å². The van der Waals surface area contributed by atoms with Crippen LogP contribution < -0.4 is 10.2 Å². The minimum atomic E-state index is -0.246. The quantitative estimate of drug-likeness (QED) is 0.763. The molecule has 1 atom stereocenters. The number of anilines is 2. The van der Waals surface area contributed by atoms with Gasteiger partial charge in [-0.3, -0.25) is 10.1 Å². The zero-order valence-electron chi connectivity index (χ0n) is 14.3. The van der Waals surface area contributed by atoms with Crippen molar-refractivity contribution < 1.29 is 4.79 Å². The summed E-state index contributed by atoms with van der Waals surface area (Å²) in [6.07, 6.45) is 5.47. The number of aromatic nitrogens is 4. The summed E-state index contributed by atoms with van der Waals surface area (Å²) in [7, 11) is 0. The number of thiazole rings is 1. The molecule has 1 saturated heterocycles. The molecule has 7 nitrogen and oxygen atoms in total. The minimum Gasteiger partial charge on any atom is -0.348 e. The lowest BCUT2D eigenvalue weighted by Crippen LogP contribution is -2.25. The minimum absolute atomic E-state index is 0.108. The molecule has 1 N–H and O–H groups in total. The molecule has 0 aliphatic carbocycles. The van der Waals surface area contributed by atoms with Crippen LogP contribution in [0.5, 0.6) is 0 Å². The van der Waals surface area contributed by atoms with Gasteiger partial charge in [-0.2, -0.15) is 0 Å². The highest BCUT2D eigenvalue weighted by Crippen LogP contribution is 2.34. The third-order valence-electron chi connectivity index (χ3n) is 4.31. The number of nitrogens with one attached hydrogen (secondary N) is 1. The Morgan fingerprint density at radius 1 is 1.23 bits per heavy atom. The molecule has 132 valence electrons. The summed E-state index contributed by atoms with van der Waals surface area (Å²) in [5.41, 5.74) is 1.27. The SMILES string of the molecule is Cc1nccc(N2CCCC2c2cccc(C(=O)Nc3nccs3)n2)n1. The van der Waals surface area contributed by atoms with Gasteiger partial charge in [-0.15, -0.1) is 11.3 Å². The Morgan fingerprint density at radius 2 is 2.15 bits per heavy atom. The molecule has 1 aliphatic heterocycles. The second-order valence-electron chi connectivity index (χ2n) is 6.05. The Labute approximate surface area is 155 Å². The summed E-state index contributed by atoms with van der Waals surface area (Å²) in [4.78, 5) is 32.1. The van der Waals surface area contributed by atoms with E-state index in [9.17, 15) is 4.79 Å². The van der Waals surface area contributed by atoms with Crippen LogP contribution in [0.4, 0.5) is 10.9 Å². The number of rotatable bonds is 4. The third kappa shape index (κ3) is 3.41. The molecule has 4 heterocycles. The highest BCUT2D eigenvalue weighted by Gasteiger charge is 2.28. The summed E-state index contributed by atoms with van der Waals surface area (Å²) in [6, 6.07) is 7.60. The molecule has 0 aromatic carbocycles. The third-order valence-corrected chi connectivity index (χ3v) is 4.99. The summed E-state index contributed by atoms with van der Waals surface area (Å²) < 4.78 is 0. The second kappa shape index (κ2) is 7.17. The van der Waals surface area contributed by atoms with Crippen LogP contribution in [0.3, 0.4) is 0 Å². The maximum Gasteiger partial charge on any atom is 0.276 e. The first-order valence-electron chi connectivity index (χ1n) is 8.45. The molecule has 0 bridgehead atoms. The average molecular weight is 366 g/mol. The van der Waals surface area contributed by atoms with E-state index in [-0.39, 0.29) is 11.9 Å². The Kier molecular flexibility index (Phi) is 4.57. The summed E-state index contributed by atoms with van der Waals surface area (Å²) in [5, 5.41) is 5.17. The maximum absolute atomic E-state index is 12.4. The molecular weight excluding hydrogens is 348 g/mol. The molecule has 4 rings (SSSR count). The van der Waals surface area contributed by atoms with Crippen molar-refractivity contribution in [3.8, 4) is 0 Å². The average Bonchev–Trinajstić information content (AvgIpc) is 3.33. The molecule has 1 unspecified atom stereocenters. The van der Waals surface area contributed by atoms with E-state index in [1.54, 1.807) is 18.5 Å². The number of amides is 1. The van der Waals surface area contributed by atoms with Crippen molar-refractivity contribution in [2.24, 2.45) is 0 Å². The largest absolute Gasteiger partial charge is 0.348 e. The molecule has 0 saturated carbocycles. The highest BCUT2D eigenvalue weighted by molar-refractivity contribution is 7.13. The van der Waals surface area contributed by atoms with Gasteiger partial charge in [0.05, 0.1) is 11.7 Å². The van der Waals surface area contributed by atoms with Crippen LogP contribution in [0.25, 0.3) is 0 Å². The van der Waals surface area contributed by atoms with Gasteiger partial charge < -0.3 is 4.90 Å². The van der Waals surface area contributed by atoms with E-state index in [1.807, 2.05) is 30.5 Å². The van der Waals surface area contributed by atoms with Gasteiger partial charge in [0.25, 0.3) is 5.91 Å². The van der Waals surface area contributed by atoms with Crippen LogP contribution in [0, 0.1) is 6.92 Å². The lowest BCUT2D eigenvalue weighted by molar-refractivity contribution is 0.102. The van der Waals surface area contributed by atoms with Gasteiger partial charge in [0.15, 0.2) is 5.13 Å². The standard InChI is InChI=1S/C18H18N6OS/c1-12-19-8-7-16(21-12)24-10-3-6-15(24)13-4-2-5-14(22-13)17(25)23-18-20-9-11-26-18/h2,4-5,7-9,11,15H,3,6,10H2,1H3,(H,20,23,25). The Bertz CT molecular complexity index is 914. The van der Waals surface area contributed by atoms with Crippen molar-refractivity contribution >= 4 is 28.2 Å². The zero-order chi connectivity index (χ0) is 17.9. The molecule has 3 aromatic rings. The number of aryl methyl sites for hydroxylation is 1. The number of carbonyl (C=O) groups excluding carboxylic acids is 1. The smallest absolute Gasteiger partial charge is 0.276 e. The van der Waals surface area contributed by atoms with Gasteiger partial charge in [-0.25, -0.2) is 19.9 Å². The predicted octanol–water partition coefficient (Wildman–Crippen LogP) is 3.23. The first kappa shape index (κ1) is 16.6. The van der Waals surface area contributed by atoms with Crippen LogP contribution in [-0.4, -0.2) is 32.4 Å². The van der Waals surface area contributed by atoms with Gasteiger partial charge >= 0.3 is 0 Å². The molecule has 0 radical (unpaired) electrons. The Morgan fingerprint density at radius 3 is 2.96 bits per heavy atom. The van der Waals surface area contributed by atoms with E-state index in [4.69, 9.17) is 0 Å². The van der Waals surface area contributed by atoms with E-state index in [2.05, 4.69) is 30.2 Å². The maximum atomic E-state index is 12.4. The van der Waals surface area contributed by atoms with Gasteiger partial charge in [-0.05, 0) is 38.0 Å². The summed E-state index contributed by atoms with van der Waals surface area (Å²) in [6.45, 7) is 2.80. The molecule has 26 heavy (non-hydrogen) atoms. The normalized spacial score (nSPS) is 16.7. The van der Waals surface area contributed by atoms with Crippen molar-refractivity contribution in [2.45, 2.75) is 25.8 Å². The number of nitrogens with zero attached hydrogens (tertiary/aromatic N) is 5. The van der Waals surface area contributed by atoms with Crippen molar-refractivity contribution in [1.82, 2.24) is 19.9 Å². The fourth-order valence-electron chi connectivity index (χ4n) is 3.16. The lowest BCUT2D eigenvalue weighted by atomic mass is 10.1. The topological polar surface area (TPSA) is 83.9 Å². The Hall–Kier alpha value is -2.87. The summed E-state index contributed by atoms with van der Waals surface area (Å²) in [5.74, 6) is 1.40. The van der Waals surface area contributed by atoms with E-state index in [1.165, 1.54) is 11.3 Å². The monoisotopic (exact) mass is 366 g/mol. The number of hydrogen-bond acceptors (Lipinski definition) is 7. The van der Waals surface area contributed by atoms with E-state index in [0.717, 1.165) is 36.7 Å². The van der Waals surface area contributed by atoms with Gasteiger partial charge in [0.2, 0.25) is 0 Å². The van der Waals surface area contributed by atoms with E-state index < -0.39 is 0 Å². The lowest BCUT2D eigenvalue weighted by Gasteiger charge is -2.25. The van der Waals surface area contributed by atoms with Crippen molar-refractivity contribution in [3.05, 3.63) is 59.3 Å². The van der Waals surface area contributed by atoms with Gasteiger partial charge in [0, 0.05) is 24.3 Å². The number of carbonyl (C=O) groups is 1. The molecule has 3 aromatic heterocycles. The number of pyridine rings is 1. The van der Waals surface area contributed by atoms with Gasteiger partial charge in [0.1, 0.15) is 17.3 Å². The molecule has 1 amide bonds. The molecule has 8 heteroatoms. The predicted molar refractivity (Wildman–Crippen MR) is 100 cm³/mol. The van der Waals surface area contributed by atoms with E-state index >= 15 is 0 Å². The fraction of sp³-hybridized carbons (Fsp3) is 0.278. The zero-order valence-corrected chi connectivity index (χ0v) is 15.1. The van der Waals surface area contributed by atoms with Crippen LogP contribution in [0.15, 0.2) is 42.0 Å². The van der Waals surface area contributed by atoms with Crippen LogP contribution in [0.1, 0.15) is 40.9 Å². The summed E-state index contributed by atoms with van der Waals surface area (Å²) >= 11 is 1.38. The fourth-order valence-corrected chi connectivity index (χ4v) is 3.69. The van der Waals surface area contributed by atoms with Crippen molar-refractivity contribution in [3.63, 3.8) is 0 Å². The molecule has 0 spiro atoms. The van der Waals surface area contributed by atoms with Gasteiger partial charge in [-0.1, -0.05) is 6.07 Å². The molecular formula is C18H18N6OS. The van der Waals surface area contributed by atoms with E-state index in [0.29, 0.717) is 10.8 Å². The van der Waals surface area contributed by atoms with Crippen LogP contribution in [0.2, 0.25) is 0 Å². The first-order chi connectivity index (χ1) is 12.7. The molecule has 1 aliphatic rings. The number of hydrogen-bond donors (Lipinski definition) is 1. The van der Waals surface area contributed by atoms with Crippen LogP contribution >= 0.6 is 11.3 Å². The first-order valence-corrected chi connectivity index (χ1v) is 9.33. The highest BCUT2D eigenvalue weighted by atomic mass is 32.1. The second-order valence-corrected chi connectivity index (χ2v) is 6.95. The van der Waals surface area contributed by atoms with Crippen LogP contribution in [-0.2, 0) is 0 Å². The molecule has 1 fully saturated rings. The Balaban J connectivity index is 1.58.